The second kappa shape index (κ2) is 8.46. The van der Waals surface area contributed by atoms with Crippen LogP contribution in [-0.4, -0.2) is 34.7 Å². The van der Waals surface area contributed by atoms with Crippen LogP contribution < -0.4 is 5.32 Å². The summed E-state index contributed by atoms with van der Waals surface area (Å²) >= 11 is 1.42. The molecule has 1 aliphatic rings. The van der Waals surface area contributed by atoms with Crippen molar-refractivity contribution in [2.45, 2.75) is 64.2 Å². The van der Waals surface area contributed by atoms with Crippen LogP contribution in [0, 0.1) is 0 Å². The van der Waals surface area contributed by atoms with Crippen LogP contribution in [0.1, 0.15) is 58.0 Å². The standard InChI is InChI=1S/C20H29N3O2S/c1-14(21-19-22-18(23-26-19)20(2,3)4)17(15-8-6-5-7-9-15)25-16-10-12-24-13-11-16/h5-9,14,16-17H,10-13H2,1-4H3,(H,21,22,23). The third kappa shape index (κ3) is 5.02. The van der Waals surface area contributed by atoms with Crippen LogP contribution in [-0.2, 0) is 14.9 Å². The van der Waals surface area contributed by atoms with E-state index >= 15 is 0 Å². The van der Waals surface area contributed by atoms with Gasteiger partial charge >= 0.3 is 0 Å². The lowest BCUT2D eigenvalue weighted by atomic mass is 9.96. The van der Waals surface area contributed by atoms with Gasteiger partial charge in [-0.2, -0.15) is 4.37 Å². The molecule has 1 aromatic heterocycles. The Morgan fingerprint density at radius 2 is 1.88 bits per heavy atom. The summed E-state index contributed by atoms with van der Waals surface area (Å²) in [5.41, 5.74) is 1.14. The van der Waals surface area contributed by atoms with Crippen molar-refractivity contribution in [1.29, 1.82) is 0 Å². The van der Waals surface area contributed by atoms with Crippen molar-refractivity contribution in [3.05, 3.63) is 41.7 Å². The SMILES string of the molecule is CC(Nc1nc(C(C)(C)C)ns1)C(OC1CCOCC1)c1ccccc1. The van der Waals surface area contributed by atoms with Gasteiger partial charge in [0.1, 0.15) is 11.9 Å². The zero-order valence-corrected chi connectivity index (χ0v) is 16.9. The van der Waals surface area contributed by atoms with E-state index in [1.807, 2.05) is 6.07 Å². The molecule has 1 N–H and O–H groups in total. The minimum atomic E-state index is -0.0445. The topological polar surface area (TPSA) is 56.3 Å². The maximum absolute atomic E-state index is 6.50. The average Bonchev–Trinajstić information content (AvgIpc) is 3.10. The molecular weight excluding hydrogens is 346 g/mol. The lowest BCUT2D eigenvalue weighted by molar-refractivity contribution is -0.0738. The number of anilines is 1. The van der Waals surface area contributed by atoms with E-state index in [4.69, 9.17) is 9.47 Å². The summed E-state index contributed by atoms with van der Waals surface area (Å²) < 4.78 is 16.5. The number of nitrogens with zero attached hydrogens (tertiary/aromatic N) is 2. The highest BCUT2D eigenvalue weighted by molar-refractivity contribution is 7.09. The van der Waals surface area contributed by atoms with E-state index in [0.717, 1.165) is 37.0 Å². The molecule has 0 radical (unpaired) electrons. The van der Waals surface area contributed by atoms with Gasteiger partial charge in [0.15, 0.2) is 0 Å². The summed E-state index contributed by atoms with van der Waals surface area (Å²) in [7, 11) is 0. The Labute approximate surface area is 160 Å². The maximum Gasteiger partial charge on any atom is 0.202 e. The zero-order valence-electron chi connectivity index (χ0n) is 16.1. The number of hydrogen-bond donors (Lipinski definition) is 1. The van der Waals surface area contributed by atoms with Gasteiger partial charge in [0.05, 0.1) is 12.1 Å². The number of aromatic nitrogens is 2. The fourth-order valence-corrected chi connectivity index (χ4v) is 3.86. The van der Waals surface area contributed by atoms with Gasteiger partial charge in [-0.25, -0.2) is 4.98 Å². The van der Waals surface area contributed by atoms with Gasteiger partial charge in [-0.15, -0.1) is 0 Å². The summed E-state index contributed by atoms with van der Waals surface area (Å²) in [6, 6.07) is 10.5. The van der Waals surface area contributed by atoms with E-state index in [1.165, 1.54) is 17.1 Å². The molecule has 2 unspecified atom stereocenters. The Balaban J connectivity index is 1.73. The molecule has 3 rings (SSSR count). The van der Waals surface area contributed by atoms with E-state index in [2.05, 4.69) is 66.6 Å². The Bertz CT molecular complexity index is 678. The van der Waals surface area contributed by atoms with E-state index in [-0.39, 0.29) is 23.7 Å². The highest BCUT2D eigenvalue weighted by Crippen LogP contribution is 2.29. The minimum absolute atomic E-state index is 0.0405. The molecule has 1 aliphatic heterocycles. The minimum Gasteiger partial charge on any atom is -0.381 e. The van der Waals surface area contributed by atoms with Gasteiger partial charge in [0.2, 0.25) is 5.13 Å². The summed E-state index contributed by atoms with van der Waals surface area (Å²) in [5, 5.41) is 4.36. The molecule has 2 aromatic rings. The molecule has 2 atom stereocenters. The van der Waals surface area contributed by atoms with Crippen molar-refractivity contribution in [2.24, 2.45) is 0 Å². The summed E-state index contributed by atoms with van der Waals surface area (Å²) in [5.74, 6) is 0.874. The predicted molar refractivity (Wildman–Crippen MR) is 106 cm³/mol. The highest BCUT2D eigenvalue weighted by atomic mass is 32.1. The van der Waals surface area contributed by atoms with Crippen LogP contribution in [0.25, 0.3) is 0 Å². The van der Waals surface area contributed by atoms with E-state index in [9.17, 15) is 0 Å². The van der Waals surface area contributed by atoms with Gasteiger partial charge in [0.25, 0.3) is 0 Å². The van der Waals surface area contributed by atoms with Crippen LogP contribution in [0.2, 0.25) is 0 Å². The molecule has 1 saturated heterocycles. The quantitative estimate of drug-likeness (QED) is 0.801. The Morgan fingerprint density at radius 3 is 2.50 bits per heavy atom. The number of hydrogen-bond acceptors (Lipinski definition) is 6. The Kier molecular flexibility index (Phi) is 6.27. The predicted octanol–water partition coefficient (Wildman–Crippen LogP) is 4.57. The van der Waals surface area contributed by atoms with E-state index in [1.54, 1.807) is 0 Å². The van der Waals surface area contributed by atoms with E-state index < -0.39 is 0 Å². The first-order valence-corrected chi connectivity index (χ1v) is 10.1. The van der Waals surface area contributed by atoms with Crippen LogP contribution in [0.5, 0.6) is 0 Å². The van der Waals surface area contributed by atoms with E-state index in [0.29, 0.717) is 0 Å². The van der Waals surface area contributed by atoms with Crippen molar-refractivity contribution in [2.75, 3.05) is 18.5 Å². The molecule has 26 heavy (non-hydrogen) atoms. The van der Waals surface area contributed by atoms with Crippen molar-refractivity contribution in [3.8, 4) is 0 Å². The number of benzene rings is 1. The largest absolute Gasteiger partial charge is 0.381 e. The lowest BCUT2D eigenvalue weighted by Crippen LogP contribution is -2.32. The molecule has 6 heteroatoms. The van der Waals surface area contributed by atoms with Gasteiger partial charge in [-0.3, -0.25) is 0 Å². The van der Waals surface area contributed by atoms with Crippen LogP contribution in [0.15, 0.2) is 30.3 Å². The van der Waals surface area contributed by atoms with Gasteiger partial charge in [-0.05, 0) is 25.3 Å². The molecule has 0 bridgehead atoms. The smallest absolute Gasteiger partial charge is 0.202 e. The second-order valence-electron chi connectivity index (χ2n) is 7.89. The molecule has 142 valence electrons. The summed E-state index contributed by atoms with van der Waals surface area (Å²) in [6.07, 6.45) is 2.09. The monoisotopic (exact) mass is 375 g/mol. The fraction of sp³-hybridized carbons (Fsp3) is 0.600. The summed E-state index contributed by atoms with van der Waals surface area (Å²) in [6.45, 7) is 10.1. The first-order valence-electron chi connectivity index (χ1n) is 9.32. The normalized spacial score (nSPS) is 18.5. The molecule has 0 aliphatic carbocycles. The first kappa shape index (κ1) is 19.3. The third-order valence-corrected chi connectivity index (χ3v) is 5.18. The molecule has 0 amide bonds. The van der Waals surface area contributed by atoms with Crippen LogP contribution in [0.4, 0.5) is 5.13 Å². The van der Waals surface area contributed by atoms with Gasteiger partial charge in [0, 0.05) is 30.2 Å². The van der Waals surface area contributed by atoms with Gasteiger partial charge < -0.3 is 14.8 Å². The molecule has 0 spiro atoms. The van der Waals surface area contributed by atoms with Crippen molar-refractivity contribution >= 4 is 16.7 Å². The van der Waals surface area contributed by atoms with Crippen LogP contribution >= 0.6 is 11.5 Å². The zero-order chi connectivity index (χ0) is 18.6. The molecule has 1 aromatic carbocycles. The number of ether oxygens (including phenoxy) is 2. The van der Waals surface area contributed by atoms with Crippen molar-refractivity contribution in [3.63, 3.8) is 0 Å². The van der Waals surface area contributed by atoms with Crippen molar-refractivity contribution < 1.29 is 9.47 Å². The number of nitrogens with one attached hydrogen (secondary N) is 1. The van der Waals surface area contributed by atoms with Crippen molar-refractivity contribution in [1.82, 2.24) is 9.36 Å². The Morgan fingerprint density at radius 1 is 1.19 bits per heavy atom. The second-order valence-corrected chi connectivity index (χ2v) is 8.64. The lowest BCUT2D eigenvalue weighted by Gasteiger charge is -2.31. The maximum atomic E-state index is 6.50. The molecular formula is C20H29N3O2S. The molecule has 5 nitrogen and oxygen atoms in total. The Hall–Kier alpha value is -1.50. The summed E-state index contributed by atoms with van der Waals surface area (Å²) in [4.78, 5) is 4.67. The number of rotatable bonds is 6. The third-order valence-electron chi connectivity index (χ3n) is 4.54. The average molecular weight is 376 g/mol. The first-order chi connectivity index (χ1) is 12.4. The highest BCUT2D eigenvalue weighted by Gasteiger charge is 2.27. The molecule has 2 heterocycles. The fourth-order valence-electron chi connectivity index (χ4n) is 3.00. The molecule has 0 saturated carbocycles. The van der Waals surface area contributed by atoms with Gasteiger partial charge in [-0.1, -0.05) is 51.1 Å². The molecule has 1 fully saturated rings. The van der Waals surface area contributed by atoms with Crippen LogP contribution in [0.3, 0.4) is 0 Å².